The number of ketones is 2. The molecule has 0 radical (unpaired) electrons. The largest absolute Gasteiger partial charge is 0.456 e. The average molecular weight is 776 g/mol. The number of rotatable bonds is 4. The molecule has 1 amide bonds. The number of amides is 1. The lowest BCUT2D eigenvalue weighted by molar-refractivity contribution is -0.302. The fourth-order valence-corrected chi connectivity index (χ4v) is 10.3. The molecule has 5 rings (SSSR count). The minimum atomic E-state index is -2.50. The molecule has 3 N–H and O–H groups in total. The molecule has 1 saturated carbocycles. The number of hydrogen-bond acceptors (Lipinski definition) is 12. The van der Waals surface area contributed by atoms with E-state index in [1.54, 1.807) is 6.92 Å². The fourth-order valence-electron chi connectivity index (χ4n) is 10.3. The predicted octanol–water partition coefficient (Wildman–Crippen LogP) is 3.69. The molecule has 2 aliphatic carbocycles. The van der Waals surface area contributed by atoms with Crippen molar-refractivity contribution in [3.8, 4) is 0 Å². The monoisotopic (exact) mass is 775 g/mol. The number of fused-ring (bicyclic) bond motifs is 6. The normalized spacial score (nSPS) is 43.8. The summed E-state index contributed by atoms with van der Waals surface area (Å²) in [4.78, 5) is 58.0. The number of aliphatic hydroxyl groups is 3. The number of ether oxygens (including phenoxy) is 5. The van der Waals surface area contributed by atoms with Gasteiger partial charge in [0, 0.05) is 58.0 Å². The summed E-state index contributed by atoms with van der Waals surface area (Å²) < 4.78 is 30.1. The lowest BCUT2D eigenvalue weighted by Crippen LogP contribution is -2.64. The van der Waals surface area contributed by atoms with Crippen molar-refractivity contribution in [1.82, 2.24) is 4.90 Å². The van der Waals surface area contributed by atoms with Gasteiger partial charge in [-0.3, -0.25) is 14.4 Å². The molecular formula is C42H65NO12. The van der Waals surface area contributed by atoms with Crippen LogP contribution in [0.5, 0.6) is 0 Å². The Balaban J connectivity index is 1.58. The Labute approximate surface area is 326 Å². The zero-order valence-corrected chi connectivity index (χ0v) is 34.0. The van der Waals surface area contributed by atoms with E-state index in [-0.39, 0.29) is 43.4 Å². The Morgan fingerprint density at radius 3 is 2.22 bits per heavy atom. The van der Waals surface area contributed by atoms with Gasteiger partial charge in [0.05, 0.1) is 30.5 Å². The van der Waals surface area contributed by atoms with Crippen molar-refractivity contribution in [2.75, 3.05) is 27.9 Å². The van der Waals surface area contributed by atoms with E-state index in [4.69, 9.17) is 23.7 Å². The zero-order chi connectivity index (χ0) is 40.4. The molecular weight excluding hydrogens is 710 g/mol. The van der Waals surface area contributed by atoms with Crippen LogP contribution in [0.2, 0.25) is 0 Å². The lowest BCUT2D eigenvalue weighted by atomic mass is 9.61. The molecule has 3 heterocycles. The third-order valence-electron chi connectivity index (χ3n) is 13.2. The maximum absolute atomic E-state index is 14.3. The van der Waals surface area contributed by atoms with E-state index in [2.05, 4.69) is 0 Å². The number of aliphatic hydroxyl groups excluding tert-OH is 2. The molecule has 0 aromatic carbocycles. The van der Waals surface area contributed by atoms with Gasteiger partial charge in [-0.05, 0) is 89.0 Å². The van der Waals surface area contributed by atoms with Crippen LogP contribution < -0.4 is 0 Å². The SMILES string of the molecule is CC[C@@H]1/C=C(\C)C[C@H](C)C[C@H](OC)[C@H]2O[C@@](O)(C(=O)C(=O)N3CCCC[C@H]3C(=O)O[C@@H]3C(C)=C[C@@H]4CC[C@@H](O)[C@H](OC)C4[C@@H]3[C@@H](O)CC1=O)[C@H](C)C[C@@H]2OC. The van der Waals surface area contributed by atoms with Crippen molar-refractivity contribution in [2.24, 2.45) is 35.5 Å². The molecule has 55 heavy (non-hydrogen) atoms. The van der Waals surface area contributed by atoms with Crippen molar-refractivity contribution < 1.29 is 58.2 Å². The summed E-state index contributed by atoms with van der Waals surface area (Å²) in [5.41, 5.74) is 1.68. The number of carbonyl (C=O) groups is 4. The fraction of sp³-hybridized carbons (Fsp3) is 0.810. The van der Waals surface area contributed by atoms with Gasteiger partial charge in [0.25, 0.3) is 11.7 Å². The van der Waals surface area contributed by atoms with Crippen molar-refractivity contribution >= 4 is 23.4 Å². The van der Waals surface area contributed by atoms with E-state index >= 15 is 0 Å². The van der Waals surface area contributed by atoms with Crippen LogP contribution in [0.4, 0.5) is 0 Å². The molecule has 1 unspecified atom stereocenters. The van der Waals surface area contributed by atoms with Gasteiger partial charge in [0.15, 0.2) is 0 Å². The van der Waals surface area contributed by atoms with Gasteiger partial charge in [-0.25, -0.2) is 4.79 Å². The van der Waals surface area contributed by atoms with Crippen molar-refractivity contribution in [3.63, 3.8) is 0 Å². The maximum Gasteiger partial charge on any atom is 0.329 e. The minimum absolute atomic E-state index is 0.0232. The Morgan fingerprint density at radius 1 is 0.873 bits per heavy atom. The Morgan fingerprint density at radius 2 is 1.56 bits per heavy atom. The van der Waals surface area contributed by atoms with Gasteiger partial charge in [-0.2, -0.15) is 0 Å². The first-order valence-corrected chi connectivity index (χ1v) is 20.4. The Bertz CT molecular complexity index is 1460. The first-order chi connectivity index (χ1) is 26.1. The number of methoxy groups -OCH3 is 3. The average Bonchev–Trinajstić information content (AvgIpc) is 3.16. The van der Waals surface area contributed by atoms with Crippen LogP contribution in [0.15, 0.2) is 23.3 Å². The molecule has 3 aliphatic heterocycles. The second-order valence-electron chi connectivity index (χ2n) is 17.0. The summed E-state index contributed by atoms with van der Waals surface area (Å²) >= 11 is 0. The summed E-state index contributed by atoms with van der Waals surface area (Å²) in [7, 11) is 4.57. The molecule has 0 spiro atoms. The van der Waals surface area contributed by atoms with Crippen molar-refractivity contribution in [1.29, 1.82) is 0 Å². The Hall–Kier alpha value is -2.52. The summed E-state index contributed by atoms with van der Waals surface area (Å²) in [5.74, 6) is -8.25. The van der Waals surface area contributed by atoms with Gasteiger partial charge < -0.3 is 43.9 Å². The standard InChI is InChI=1S/C42H65NO12/c1-9-26-17-22(2)16-23(3)18-32(51-6)38-33(52-7)20-25(5)42(50,55-38)39(47)40(48)43-15-11-10-12-28(43)41(49)54-36-24(4)19-27-13-14-29(44)37(53-8)34(27)35(36)31(46)21-30(26)45/h17,19,23,25-29,31-38,44,46,50H,9-16,18,20-21H2,1-8H3/b22-17+/t23-,25+,26+,27-,28-,29+,31-,32-,33-,34?,35-,36+,37-,38+,42+/m0/s1. The highest BCUT2D eigenvalue weighted by Gasteiger charge is 2.57. The van der Waals surface area contributed by atoms with Crippen LogP contribution in [-0.2, 0) is 42.9 Å². The number of nitrogens with zero attached hydrogens (tertiary/aromatic N) is 1. The molecule has 2 saturated heterocycles. The van der Waals surface area contributed by atoms with Gasteiger partial charge >= 0.3 is 5.97 Å². The van der Waals surface area contributed by atoms with E-state index in [1.165, 1.54) is 26.2 Å². The molecule has 0 aromatic rings. The van der Waals surface area contributed by atoms with E-state index in [9.17, 15) is 34.5 Å². The third-order valence-corrected chi connectivity index (χ3v) is 13.2. The van der Waals surface area contributed by atoms with Gasteiger partial charge in [0.2, 0.25) is 5.79 Å². The molecule has 0 aromatic heterocycles. The number of esters is 1. The minimum Gasteiger partial charge on any atom is -0.456 e. The quantitative estimate of drug-likeness (QED) is 0.215. The Kier molecular flexibility index (Phi) is 14.6. The molecule has 13 heteroatoms. The zero-order valence-electron chi connectivity index (χ0n) is 34.0. The molecule has 13 nitrogen and oxygen atoms in total. The maximum atomic E-state index is 14.3. The first-order valence-electron chi connectivity index (χ1n) is 20.4. The third kappa shape index (κ3) is 8.98. The van der Waals surface area contributed by atoms with E-state index < -0.39 is 95.9 Å². The number of piperidine rings is 1. The summed E-state index contributed by atoms with van der Waals surface area (Å²) in [6.07, 6.45) is 2.29. The molecule has 310 valence electrons. The highest BCUT2D eigenvalue weighted by atomic mass is 16.7. The number of hydrogen-bond donors (Lipinski definition) is 3. The van der Waals surface area contributed by atoms with Gasteiger partial charge in [-0.1, -0.05) is 38.5 Å². The van der Waals surface area contributed by atoms with Crippen LogP contribution in [0.25, 0.3) is 0 Å². The highest BCUT2D eigenvalue weighted by Crippen LogP contribution is 2.47. The van der Waals surface area contributed by atoms with Crippen molar-refractivity contribution in [3.05, 3.63) is 23.3 Å². The molecule has 5 aliphatic rings. The number of carbonyl (C=O) groups excluding carboxylic acids is 4. The number of Topliss-reactive ketones (excluding diaryl/α,β-unsaturated/α-hetero) is 2. The highest BCUT2D eigenvalue weighted by molar-refractivity contribution is 6.39. The predicted molar refractivity (Wildman–Crippen MR) is 201 cm³/mol. The molecule has 2 bridgehead atoms. The van der Waals surface area contributed by atoms with Crippen molar-refractivity contribution in [2.45, 2.75) is 153 Å². The molecule has 3 fully saturated rings. The van der Waals surface area contributed by atoms with E-state index in [1.807, 2.05) is 39.8 Å². The second kappa shape index (κ2) is 18.4. The van der Waals surface area contributed by atoms with Crippen LogP contribution >= 0.6 is 0 Å². The summed E-state index contributed by atoms with van der Waals surface area (Å²) in [6, 6.07) is -1.14. The smallest absolute Gasteiger partial charge is 0.329 e. The van der Waals surface area contributed by atoms with E-state index in [0.29, 0.717) is 50.5 Å². The summed E-state index contributed by atoms with van der Waals surface area (Å²) in [6.45, 7) is 9.50. The topological polar surface area (TPSA) is 178 Å². The number of allylic oxidation sites excluding steroid dienone is 3. The second-order valence-corrected chi connectivity index (χ2v) is 17.0. The van der Waals surface area contributed by atoms with Crippen LogP contribution in [0, 0.1) is 35.5 Å². The van der Waals surface area contributed by atoms with Crippen LogP contribution in [0.1, 0.15) is 98.8 Å². The summed E-state index contributed by atoms with van der Waals surface area (Å²) in [5, 5.41) is 35.2. The van der Waals surface area contributed by atoms with Crippen LogP contribution in [0.3, 0.4) is 0 Å². The van der Waals surface area contributed by atoms with Gasteiger partial charge in [-0.15, -0.1) is 0 Å². The lowest BCUT2D eigenvalue weighted by Gasteiger charge is -2.50. The van der Waals surface area contributed by atoms with E-state index in [0.717, 1.165) is 5.57 Å². The van der Waals surface area contributed by atoms with Crippen LogP contribution in [-0.4, -0.2) is 126 Å². The first kappa shape index (κ1) is 43.6. The van der Waals surface area contributed by atoms with Gasteiger partial charge in [0.1, 0.15) is 24.0 Å². The molecule has 15 atom stereocenters.